The number of carboxylic acid groups (broad SMARTS) is 1. The molecule has 1 heterocycles. The third kappa shape index (κ3) is 5.72. The average molecular weight is 511 g/mol. The first-order valence-electron chi connectivity index (χ1n) is 11.6. The molecule has 7 heteroatoms. The van der Waals surface area contributed by atoms with Crippen molar-refractivity contribution in [3.8, 4) is 11.5 Å². The maximum Gasteiger partial charge on any atom is 0.341 e. The van der Waals surface area contributed by atoms with E-state index < -0.39 is 24.8 Å². The van der Waals surface area contributed by atoms with Gasteiger partial charge in [0.1, 0.15) is 17.3 Å². The van der Waals surface area contributed by atoms with E-state index in [9.17, 15) is 14.3 Å². The third-order valence-electron chi connectivity index (χ3n) is 6.50. The predicted octanol–water partition coefficient (Wildman–Crippen LogP) is 7.13. The van der Waals surface area contributed by atoms with Crippen LogP contribution in [-0.2, 0) is 9.53 Å². The molecule has 3 aromatic carbocycles. The number of hydrogen-bond acceptors (Lipinski definition) is 4. The lowest BCUT2D eigenvalue weighted by molar-refractivity contribution is -0.139. The molecule has 188 valence electrons. The lowest BCUT2D eigenvalue weighted by Gasteiger charge is -2.43. The summed E-state index contributed by atoms with van der Waals surface area (Å²) in [7, 11) is 1.53. The van der Waals surface area contributed by atoms with E-state index in [1.54, 1.807) is 18.2 Å². The number of benzene rings is 3. The zero-order valence-corrected chi connectivity index (χ0v) is 20.9. The Labute approximate surface area is 215 Å². The van der Waals surface area contributed by atoms with Gasteiger partial charge in [-0.3, -0.25) is 0 Å². The Bertz CT molecular complexity index is 1260. The highest BCUT2D eigenvalue weighted by Gasteiger charge is 2.41. The number of halogens is 2. The molecule has 1 saturated heterocycles. The molecule has 1 fully saturated rings. The first-order chi connectivity index (χ1) is 17.3. The van der Waals surface area contributed by atoms with Crippen LogP contribution in [0.2, 0.25) is 5.02 Å². The fraction of sp³-hybridized carbons (Fsp3) is 0.276. The minimum Gasteiger partial charge on any atom is -0.497 e. The molecule has 0 spiro atoms. The van der Waals surface area contributed by atoms with E-state index in [0.717, 1.165) is 11.1 Å². The molecule has 5 nitrogen and oxygen atoms in total. The van der Waals surface area contributed by atoms with Crippen molar-refractivity contribution in [1.29, 1.82) is 0 Å². The smallest absolute Gasteiger partial charge is 0.341 e. The van der Waals surface area contributed by atoms with Crippen LogP contribution in [0.5, 0.6) is 11.5 Å². The number of ether oxygens (including phenoxy) is 3. The highest BCUT2D eigenvalue weighted by atomic mass is 35.5. The predicted molar refractivity (Wildman–Crippen MR) is 136 cm³/mol. The lowest BCUT2D eigenvalue weighted by atomic mass is 9.74. The molecule has 0 bridgehead atoms. The number of carboxylic acids is 1. The zero-order chi connectivity index (χ0) is 25.8. The fourth-order valence-electron chi connectivity index (χ4n) is 4.80. The van der Waals surface area contributed by atoms with E-state index in [2.05, 4.69) is 6.58 Å². The van der Waals surface area contributed by atoms with Crippen LogP contribution in [0.4, 0.5) is 4.39 Å². The van der Waals surface area contributed by atoms with Gasteiger partial charge in [-0.05, 0) is 60.9 Å². The van der Waals surface area contributed by atoms with Crippen molar-refractivity contribution < 1.29 is 28.5 Å². The van der Waals surface area contributed by atoms with Gasteiger partial charge in [0.25, 0.3) is 0 Å². The van der Waals surface area contributed by atoms with Crippen molar-refractivity contribution in [1.82, 2.24) is 0 Å². The van der Waals surface area contributed by atoms with Crippen LogP contribution in [-0.4, -0.2) is 24.8 Å². The van der Waals surface area contributed by atoms with Crippen LogP contribution < -0.4 is 9.47 Å². The second-order valence-electron chi connectivity index (χ2n) is 8.97. The fourth-order valence-corrected chi connectivity index (χ4v) is 5.00. The summed E-state index contributed by atoms with van der Waals surface area (Å²) < 4.78 is 32.0. The third-order valence-corrected chi connectivity index (χ3v) is 6.73. The molecule has 0 unspecified atom stereocenters. The summed E-state index contributed by atoms with van der Waals surface area (Å²) in [6.45, 7) is 5.66. The summed E-state index contributed by atoms with van der Waals surface area (Å²) in [5, 5.41) is 9.80. The zero-order valence-electron chi connectivity index (χ0n) is 20.1. The van der Waals surface area contributed by atoms with Crippen molar-refractivity contribution in [2.45, 2.75) is 31.5 Å². The van der Waals surface area contributed by atoms with Gasteiger partial charge >= 0.3 is 5.97 Å². The van der Waals surface area contributed by atoms with Crippen molar-refractivity contribution >= 4 is 17.6 Å². The Morgan fingerprint density at radius 3 is 2.53 bits per heavy atom. The van der Waals surface area contributed by atoms with Gasteiger partial charge in [0.05, 0.1) is 19.3 Å². The van der Waals surface area contributed by atoms with Crippen molar-refractivity contribution in [2.75, 3.05) is 13.7 Å². The summed E-state index contributed by atoms with van der Waals surface area (Å²) in [5.41, 5.74) is 3.27. The SMILES string of the molecule is C=C(C)[C@H]1C[C@H](c2cccc(Cl)c2)[C@H](c2cccc(F)c2)O[C@@H]1c1ccc(OC)cc1OCC(=O)O. The molecular formula is C29H28ClFO5. The monoisotopic (exact) mass is 510 g/mol. The molecule has 4 atom stereocenters. The minimum absolute atomic E-state index is 0.120. The molecule has 0 amide bonds. The first kappa shape index (κ1) is 25.7. The normalized spacial score (nSPS) is 21.6. The molecule has 0 aliphatic carbocycles. The average Bonchev–Trinajstić information content (AvgIpc) is 2.86. The second kappa shape index (κ2) is 11.1. The molecule has 0 radical (unpaired) electrons. The number of methoxy groups -OCH3 is 1. The quantitative estimate of drug-likeness (QED) is 0.326. The maximum atomic E-state index is 14.3. The molecule has 1 aliphatic rings. The molecular weight excluding hydrogens is 483 g/mol. The lowest BCUT2D eigenvalue weighted by Crippen LogP contribution is -2.32. The number of hydrogen-bond donors (Lipinski definition) is 1. The van der Waals surface area contributed by atoms with Crippen molar-refractivity contribution in [2.24, 2.45) is 5.92 Å². The molecule has 0 saturated carbocycles. The molecule has 4 rings (SSSR count). The Hall–Kier alpha value is -3.35. The van der Waals surface area contributed by atoms with E-state index in [0.29, 0.717) is 34.1 Å². The maximum absolute atomic E-state index is 14.3. The Balaban J connectivity index is 1.81. The molecule has 0 aromatic heterocycles. The molecule has 36 heavy (non-hydrogen) atoms. The van der Waals surface area contributed by atoms with Gasteiger partial charge in [-0.25, -0.2) is 9.18 Å². The van der Waals surface area contributed by atoms with Gasteiger partial charge in [0.15, 0.2) is 6.61 Å². The van der Waals surface area contributed by atoms with Crippen LogP contribution >= 0.6 is 11.6 Å². The van der Waals surface area contributed by atoms with Crippen LogP contribution in [0.15, 0.2) is 78.9 Å². The second-order valence-corrected chi connectivity index (χ2v) is 9.40. The Morgan fingerprint density at radius 2 is 1.86 bits per heavy atom. The van der Waals surface area contributed by atoms with Crippen molar-refractivity contribution in [3.05, 3.63) is 106 Å². The van der Waals surface area contributed by atoms with E-state index >= 15 is 0 Å². The van der Waals surface area contributed by atoms with Gasteiger partial charge in [-0.2, -0.15) is 0 Å². The molecule has 1 N–H and O–H groups in total. The van der Waals surface area contributed by atoms with Crippen LogP contribution in [0, 0.1) is 11.7 Å². The standard InChI is InChI=1S/C29H28ClFO5/c1-17(2)24-15-25(18-6-4-8-20(30)12-18)28(19-7-5-9-21(31)13-19)36-29(24)23-11-10-22(34-3)14-26(23)35-16-27(32)33/h4-14,24-25,28-29H,1,15-16H2,2-3H3,(H,32,33)/t24-,25-,28+,29-/m1/s1. The van der Waals surface area contributed by atoms with Gasteiger partial charge in [-0.1, -0.05) is 48.0 Å². The summed E-state index contributed by atoms with van der Waals surface area (Å²) in [6.07, 6.45) is -0.346. The summed E-state index contributed by atoms with van der Waals surface area (Å²) in [4.78, 5) is 11.2. The van der Waals surface area contributed by atoms with Gasteiger partial charge < -0.3 is 19.3 Å². The Morgan fingerprint density at radius 1 is 1.11 bits per heavy atom. The van der Waals surface area contributed by atoms with Crippen molar-refractivity contribution in [3.63, 3.8) is 0 Å². The number of carbonyl (C=O) groups is 1. The summed E-state index contributed by atoms with van der Waals surface area (Å²) in [6, 6.07) is 19.3. The minimum atomic E-state index is -1.09. The molecule has 1 aliphatic heterocycles. The first-order valence-corrected chi connectivity index (χ1v) is 12.0. The van der Waals surface area contributed by atoms with Crippen LogP contribution in [0.3, 0.4) is 0 Å². The number of rotatable bonds is 8. The highest BCUT2D eigenvalue weighted by molar-refractivity contribution is 6.30. The van der Waals surface area contributed by atoms with E-state index in [1.807, 2.05) is 43.3 Å². The van der Waals surface area contributed by atoms with E-state index in [-0.39, 0.29) is 17.7 Å². The van der Waals surface area contributed by atoms with Gasteiger partial charge in [-0.15, -0.1) is 0 Å². The van der Waals surface area contributed by atoms with Gasteiger partial charge in [0, 0.05) is 28.5 Å². The number of aliphatic carboxylic acids is 1. The summed E-state index contributed by atoms with van der Waals surface area (Å²) >= 11 is 6.32. The van der Waals surface area contributed by atoms with Gasteiger partial charge in [0.2, 0.25) is 0 Å². The highest BCUT2D eigenvalue weighted by Crippen LogP contribution is 2.53. The topological polar surface area (TPSA) is 65.0 Å². The van der Waals surface area contributed by atoms with E-state index in [1.165, 1.54) is 19.2 Å². The largest absolute Gasteiger partial charge is 0.497 e. The van der Waals surface area contributed by atoms with Crippen LogP contribution in [0.25, 0.3) is 0 Å². The molecule has 3 aromatic rings. The van der Waals surface area contributed by atoms with Crippen LogP contribution in [0.1, 0.15) is 48.2 Å². The Kier molecular flexibility index (Phi) is 7.97. The summed E-state index contributed by atoms with van der Waals surface area (Å²) in [5.74, 6) is -0.810. The van der Waals surface area contributed by atoms with E-state index in [4.69, 9.17) is 25.8 Å².